The van der Waals surface area contributed by atoms with Gasteiger partial charge in [-0.05, 0) is 58.2 Å². The van der Waals surface area contributed by atoms with Gasteiger partial charge in [-0.3, -0.25) is 4.79 Å². The van der Waals surface area contributed by atoms with E-state index in [1.165, 1.54) is 0 Å². The molecule has 0 saturated carbocycles. The monoisotopic (exact) mass is 407 g/mol. The molecule has 5 rings (SSSR count). The number of carbonyl (C=O) groups is 1. The van der Waals surface area contributed by atoms with E-state index in [1.807, 2.05) is 48.5 Å². The van der Waals surface area contributed by atoms with Crippen molar-refractivity contribution < 1.29 is 9.53 Å². The lowest BCUT2D eigenvalue weighted by Gasteiger charge is -2.34. The third kappa shape index (κ3) is 3.07. The van der Waals surface area contributed by atoms with Crippen LogP contribution >= 0.6 is 11.6 Å². The second-order valence-corrected chi connectivity index (χ2v) is 7.66. The summed E-state index contributed by atoms with van der Waals surface area (Å²) in [5.41, 5.74) is 3.59. The molecule has 0 spiro atoms. The molecule has 1 N–H and O–H groups in total. The molecule has 2 aliphatic rings. The Kier molecular flexibility index (Phi) is 4.32. The van der Waals surface area contributed by atoms with Crippen molar-refractivity contribution in [1.29, 1.82) is 0 Å². The minimum atomic E-state index is -0.368. The van der Waals surface area contributed by atoms with Crippen LogP contribution in [0.5, 0.6) is 5.75 Å². The molecule has 1 aliphatic carbocycles. The zero-order valence-electron chi connectivity index (χ0n) is 15.7. The molecule has 1 aromatic heterocycles. The molecule has 7 nitrogen and oxygen atoms in total. The number of nitrogens with zero attached hydrogens (tertiary/aromatic N) is 4. The predicted molar refractivity (Wildman–Crippen MR) is 108 cm³/mol. The maximum absolute atomic E-state index is 13.3. The number of carbonyl (C=O) groups excluding carboxylic acids is 1. The van der Waals surface area contributed by atoms with E-state index in [0.29, 0.717) is 29.4 Å². The maximum atomic E-state index is 13.3. The summed E-state index contributed by atoms with van der Waals surface area (Å²) in [7, 11) is 1.64. The Morgan fingerprint density at radius 2 is 1.97 bits per heavy atom. The number of fused-ring (bicyclic) bond motifs is 1. The van der Waals surface area contributed by atoms with Crippen LogP contribution in [-0.4, -0.2) is 33.1 Å². The number of allylic oxidation sites excluding steroid dienone is 2. The summed E-state index contributed by atoms with van der Waals surface area (Å²) in [6.45, 7) is 0. The van der Waals surface area contributed by atoms with Crippen LogP contribution in [0.3, 0.4) is 0 Å². The van der Waals surface area contributed by atoms with Crippen molar-refractivity contribution >= 4 is 23.3 Å². The molecule has 0 amide bonds. The van der Waals surface area contributed by atoms with Gasteiger partial charge < -0.3 is 10.1 Å². The Morgan fingerprint density at radius 1 is 1.14 bits per heavy atom. The summed E-state index contributed by atoms with van der Waals surface area (Å²) in [6, 6.07) is 15.0. The van der Waals surface area contributed by atoms with Gasteiger partial charge in [-0.25, -0.2) is 0 Å². The van der Waals surface area contributed by atoms with Crippen molar-refractivity contribution in [1.82, 2.24) is 20.2 Å². The van der Waals surface area contributed by atoms with E-state index in [4.69, 9.17) is 16.3 Å². The molecule has 0 radical (unpaired) electrons. The molecular weight excluding hydrogens is 390 g/mol. The number of methoxy groups -OCH3 is 1. The van der Waals surface area contributed by atoms with Crippen molar-refractivity contribution in [3.8, 4) is 5.75 Å². The van der Waals surface area contributed by atoms with Crippen LogP contribution in [0.15, 0.2) is 59.8 Å². The van der Waals surface area contributed by atoms with Gasteiger partial charge in [-0.2, -0.15) is 4.68 Å². The van der Waals surface area contributed by atoms with Crippen molar-refractivity contribution in [2.24, 2.45) is 0 Å². The van der Waals surface area contributed by atoms with Crippen molar-refractivity contribution in [3.63, 3.8) is 0 Å². The minimum absolute atomic E-state index is 0.0668. The number of aromatic nitrogens is 4. The predicted octanol–water partition coefficient (Wildman–Crippen LogP) is 3.75. The first-order valence-corrected chi connectivity index (χ1v) is 9.72. The van der Waals surface area contributed by atoms with Crippen LogP contribution in [0.4, 0.5) is 5.95 Å². The second kappa shape index (κ2) is 7.00. The molecule has 3 aromatic rings. The van der Waals surface area contributed by atoms with E-state index in [1.54, 1.807) is 11.8 Å². The van der Waals surface area contributed by atoms with Crippen molar-refractivity contribution in [2.75, 3.05) is 12.4 Å². The smallest absolute Gasteiger partial charge is 0.248 e. The number of ketones is 1. The number of tetrazole rings is 1. The Balaban J connectivity index is 1.57. The molecule has 146 valence electrons. The molecule has 29 heavy (non-hydrogen) atoms. The minimum Gasteiger partial charge on any atom is -0.497 e. The third-order valence-corrected chi connectivity index (χ3v) is 5.78. The molecule has 8 heteroatoms. The van der Waals surface area contributed by atoms with Crippen LogP contribution in [0.2, 0.25) is 5.02 Å². The fraction of sp³-hybridized carbons (Fsp3) is 0.238. The SMILES string of the molecule is COc1cccc(C2CC(=O)C3=C(C2)Nc2nnnn2C3c2ccc(Cl)cc2)c1. The molecule has 0 fully saturated rings. The molecular formula is C21H18ClN5O2. The Morgan fingerprint density at radius 3 is 2.76 bits per heavy atom. The molecule has 2 atom stereocenters. The van der Waals surface area contributed by atoms with Crippen molar-refractivity contribution in [3.05, 3.63) is 76.0 Å². The Hall–Kier alpha value is -3.19. The molecule has 1 aliphatic heterocycles. The highest BCUT2D eigenvalue weighted by molar-refractivity contribution is 6.30. The maximum Gasteiger partial charge on any atom is 0.248 e. The number of nitrogens with one attached hydrogen (secondary N) is 1. The first-order chi connectivity index (χ1) is 14.1. The van der Waals surface area contributed by atoms with E-state index < -0.39 is 0 Å². The van der Waals surface area contributed by atoms with E-state index >= 15 is 0 Å². The average Bonchev–Trinajstić information content (AvgIpc) is 3.21. The Bertz CT molecular complexity index is 1120. The normalized spacial score (nSPS) is 20.7. The average molecular weight is 408 g/mol. The third-order valence-electron chi connectivity index (χ3n) is 5.53. The van der Waals surface area contributed by atoms with Crippen LogP contribution in [0.25, 0.3) is 0 Å². The zero-order chi connectivity index (χ0) is 20.0. The van der Waals surface area contributed by atoms with Crippen molar-refractivity contribution in [2.45, 2.75) is 24.8 Å². The molecule has 2 unspecified atom stereocenters. The zero-order valence-corrected chi connectivity index (χ0v) is 16.4. The number of hydrogen-bond acceptors (Lipinski definition) is 6. The summed E-state index contributed by atoms with van der Waals surface area (Å²) in [4.78, 5) is 13.3. The molecule has 2 heterocycles. The number of Topliss-reactive ketones (excluding diaryl/α,β-unsaturated/α-hetero) is 1. The van der Waals surface area contributed by atoms with Gasteiger partial charge in [0, 0.05) is 22.7 Å². The van der Waals surface area contributed by atoms with E-state index in [-0.39, 0.29) is 17.7 Å². The van der Waals surface area contributed by atoms with Crippen LogP contribution in [-0.2, 0) is 4.79 Å². The quantitative estimate of drug-likeness (QED) is 0.712. The fourth-order valence-corrected chi connectivity index (χ4v) is 4.28. The van der Waals surface area contributed by atoms with E-state index in [9.17, 15) is 4.79 Å². The van der Waals surface area contributed by atoms with Gasteiger partial charge >= 0.3 is 0 Å². The Labute approximate surface area is 172 Å². The van der Waals surface area contributed by atoms with Gasteiger partial charge in [-0.15, -0.1) is 0 Å². The summed E-state index contributed by atoms with van der Waals surface area (Å²) >= 11 is 6.06. The van der Waals surface area contributed by atoms with Gasteiger partial charge in [-0.1, -0.05) is 41.0 Å². The summed E-state index contributed by atoms with van der Waals surface area (Å²) in [5.74, 6) is 1.47. The number of benzene rings is 2. The first-order valence-electron chi connectivity index (χ1n) is 9.34. The topological polar surface area (TPSA) is 81.9 Å². The number of anilines is 1. The van der Waals surface area contributed by atoms with Crippen LogP contribution < -0.4 is 10.1 Å². The molecule has 0 saturated heterocycles. The summed E-state index contributed by atoms with van der Waals surface area (Å²) in [5, 5.41) is 15.9. The van der Waals surface area contributed by atoms with Gasteiger partial charge in [0.05, 0.1) is 7.11 Å². The highest BCUT2D eigenvalue weighted by Gasteiger charge is 2.39. The summed E-state index contributed by atoms with van der Waals surface area (Å²) < 4.78 is 7.01. The summed E-state index contributed by atoms with van der Waals surface area (Å²) in [6.07, 6.45) is 1.13. The van der Waals surface area contributed by atoms with Gasteiger partial charge in [0.15, 0.2) is 5.78 Å². The molecule has 0 bridgehead atoms. The van der Waals surface area contributed by atoms with Crippen LogP contribution in [0, 0.1) is 0 Å². The number of hydrogen-bond donors (Lipinski definition) is 1. The molecule has 2 aromatic carbocycles. The van der Waals surface area contributed by atoms with Gasteiger partial charge in [0.2, 0.25) is 5.95 Å². The first kappa shape index (κ1) is 17.9. The van der Waals surface area contributed by atoms with E-state index in [2.05, 4.69) is 20.8 Å². The fourth-order valence-electron chi connectivity index (χ4n) is 4.16. The van der Waals surface area contributed by atoms with Crippen LogP contribution in [0.1, 0.15) is 35.9 Å². The number of rotatable bonds is 3. The highest BCUT2D eigenvalue weighted by Crippen LogP contribution is 2.44. The van der Waals surface area contributed by atoms with Gasteiger partial charge in [0.25, 0.3) is 0 Å². The lowest BCUT2D eigenvalue weighted by Crippen LogP contribution is -2.33. The number of halogens is 1. The largest absolute Gasteiger partial charge is 0.497 e. The lowest BCUT2D eigenvalue weighted by atomic mass is 9.78. The lowest BCUT2D eigenvalue weighted by molar-refractivity contribution is -0.116. The van der Waals surface area contributed by atoms with Gasteiger partial charge in [0.1, 0.15) is 11.8 Å². The highest BCUT2D eigenvalue weighted by atomic mass is 35.5. The second-order valence-electron chi connectivity index (χ2n) is 7.22. The number of ether oxygens (including phenoxy) is 1. The van der Waals surface area contributed by atoms with E-state index in [0.717, 1.165) is 22.6 Å². The standard InChI is InChI=1S/C21H18ClN5O2/c1-29-16-4-2-3-13(9-16)14-10-17-19(18(28)11-14)20(12-5-7-15(22)8-6-12)27-21(23-17)24-25-26-27/h2-9,14,20H,10-11H2,1H3,(H,23,24,26).